The monoisotopic (exact) mass is 387 g/mol. The molecule has 0 saturated carbocycles. The minimum atomic E-state index is 0.681. The maximum atomic E-state index is 5.68. The molecule has 126 valence electrons. The Morgan fingerprint density at radius 3 is 2.92 bits per heavy atom. The van der Waals surface area contributed by atoms with Crippen LogP contribution < -0.4 is 10.1 Å². The van der Waals surface area contributed by atoms with Crippen LogP contribution in [0.25, 0.3) is 11.0 Å². The molecule has 0 radical (unpaired) electrons. The van der Waals surface area contributed by atoms with Crippen LogP contribution in [0.15, 0.2) is 46.9 Å². The number of fused-ring (bicyclic) bond motifs is 1. The maximum absolute atomic E-state index is 5.68. The summed E-state index contributed by atoms with van der Waals surface area (Å²) < 4.78 is 6.75. The Labute approximate surface area is 150 Å². The van der Waals surface area contributed by atoms with Crippen molar-refractivity contribution in [3.63, 3.8) is 0 Å². The third kappa shape index (κ3) is 4.36. The first kappa shape index (κ1) is 17.0. The quantitative estimate of drug-likeness (QED) is 0.561. The first-order valence-electron chi connectivity index (χ1n) is 8.32. The SMILES string of the molecule is CCOc1ccc(Br)cc1CNCCCc1nc2ccccc2[nH]1. The zero-order chi connectivity index (χ0) is 16.8. The van der Waals surface area contributed by atoms with Gasteiger partial charge in [-0.05, 0) is 50.2 Å². The van der Waals surface area contributed by atoms with Crippen LogP contribution in [-0.2, 0) is 13.0 Å². The first-order chi connectivity index (χ1) is 11.8. The van der Waals surface area contributed by atoms with Crippen LogP contribution in [0.2, 0.25) is 0 Å². The second-order valence-electron chi connectivity index (χ2n) is 5.67. The number of aromatic amines is 1. The lowest BCUT2D eigenvalue weighted by molar-refractivity contribution is 0.335. The summed E-state index contributed by atoms with van der Waals surface area (Å²) in [5.74, 6) is 2.00. The summed E-state index contributed by atoms with van der Waals surface area (Å²) >= 11 is 3.52. The van der Waals surface area contributed by atoms with Gasteiger partial charge in [0, 0.05) is 23.0 Å². The van der Waals surface area contributed by atoms with Crippen molar-refractivity contribution < 1.29 is 4.74 Å². The van der Waals surface area contributed by atoms with E-state index in [0.717, 1.165) is 53.0 Å². The smallest absolute Gasteiger partial charge is 0.123 e. The molecule has 1 heterocycles. The van der Waals surface area contributed by atoms with Crippen LogP contribution in [0.3, 0.4) is 0 Å². The highest BCUT2D eigenvalue weighted by Crippen LogP contribution is 2.23. The fraction of sp³-hybridized carbons (Fsp3) is 0.316. The predicted octanol–water partition coefficient (Wildman–Crippen LogP) is 4.45. The lowest BCUT2D eigenvalue weighted by atomic mass is 10.2. The van der Waals surface area contributed by atoms with E-state index in [2.05, 4.69) is 43.3 Å². The van der Waals surface area contributed by atoms with E-state index in [1.807, 2.05) is 37.3 Å². The number of imidazole rings is 1. The number of benzene rings is 2. The largest absolute Gasteiger partial charge is 0.494 e. The summed E-state index contributed by atoms with van der Waals surface area (Å²) in [5.41, 5.74) is 3.32. The van der Waals surface area contributed by atoms with Crippen molar-refractivity contribution in [1.29, 1.82) is 0 Å². The summed E-state index contributed by atoms with van der Waals surface area (Å²) in [5, 5.41) is 3.49. The number of para-hydroxylation sites is 2. The van der Waals surface area contributed by atoms with Crippen LogP contribution in [0.5, 0.6) is 5.75 Å². The molecule has 0 aliphatic rings. The average molecular weight is 388 g/mol. The van der Waals surface area contributed by atoms with E-state index in [-0.39, 0.29) is 0 Å². The van der Waals surface area contributed by atoms with Gasteiger partial charge in [-0.15, -0.1) is 0 Å². The van der Waals surface area contributed by atoms with Crippen molar-refractivity contribution in [2.24, 2.45) is 0 Å². The van der Waals surface area contributed by atoms with Crippen molar-refractivity contribution in [2.45, 2.75) is 26.3 Å². The van der Waals surface area contributed by atoms with Crippen molar-refractivity contribution in [3.8, 4) is 5.75 Å². The zero-order valence-electron chi connectivity index (χ0n) is 13.8. The highest BCUT2D eigenvalue weighted by atomic mass is 79.9. The Kier molecular flexibility index (Phi) is 5.88. The second kappa shape index (κ2) is 8.31. The van der Waals surface area contributed by atoms with E-state index in [9.17, 15) is 0 Å². The Balaban J connectivity index is 1.48. The highest BCUT2D eigenvalue weighted by Gasteiger charge is 2.05. The highest BCUT2D eigenvalue weighted by molar-refractivity contribution is 9.10. The molecular formula is C19H22BrN3O. The molecule has 0 amide bonds. The van der Waals surface area contributed by atoms with E-state index < -0.39 is 0 Å². The maximum Gasteiger partial charge on any atom is 0.123 e. The fourth-order valence-corrected chi connectivity index (χ4v) is 3.12. The Morgan fingerprint density at radius 1 is 1.21 bits per heavy atom. The molecule has 0 atom stereocenters. The molecule has 1 aromatic heterocycles. The molecule has 0 aliphatic heterocycles. The number of hydrogen-bond acceptors (Lipinski definition) is 3. The minimum Gasteiger partial charge on any atom is -0.494 e. The molecule has 24 heavy (non-hydrogen) atoms. The number of nitrogens with one attached hydrogen (secondary N) is 2. The number of halogens is 1. The molecule has 2 N–H and O–H groups in total. The Hall–Kier alpha value is -1.85. The molecule has 0 spiro atoms. The Morgan fingerprint density at radius 2 is 2.08 bits per heavy atom. The summed E-state index contributed by atoms with van der Waals surface area (Å²) in [7, 11) is 0. The van der Waals surface area contributed by atoms with Gasteiger partial charge in [0.15, 0.2) is 0 Å². The average Bonchev–Trinajstić information content (AvgIpc) is 2.99. The van der Waals surface area contributed by atoms with Crippen molar-refractivity contribution in [3.05, 3.63) is 58.3 Å². The molecular weight excluding hydrogens is 366 g/mol. The molecule has 0 saturated heterocycles. The summed E-state index contributed by atoms with van der Waals surface area (Å²) in [4.78, 5) is 7.98. The van der Waals surface area contributed by atoms with Crippen molar-refractivity contribution in [2.75, 3.05) is 13.2 Å². The number of hydrogen-bond donors (Lipinski definition) is 2. The normalized spacial score (nSPS) is 11.1. The van der Waals surface area contributed by atoms with Gasteiger partial charge in [0.1, 0.15) is 11.6 Å². The van der Waals surface area contributed by atoms with E-state index in [0.29, 0.717) is 6.61 Å². The molecule has 0 aliphatic carbocycles. The minimum absolute atomic E-state index is 0.681. The van der Waals surface area contributed by atoms with E-state index in [1.165, 1.54) is 5.56 Å². The fourth-order valence-electron chi connectivity index (χ4n) is 2.71. The summed E-state index contributed by atoms with van der Waals surface area (Å²) in [6.45, 7) is 4.43. The number of rotatable bonds is 8. The molecule has 3 rings (SSSR count). The van der Waals surface area contributed by atoms with Crippen molar-refractivity contribution >= 4 is 27.0 Å². The lowest BCUT2D eigenvalue weighted by Gasteiger charge is -2.11. The van der Waals surface area contributed by atoms with Gasteiger partial charge in [-0.1, -0.05) is 28.1 Å². The topological polar surface area (TPSA) is 49.9 Å². The molecule has 0 bridgehead atoms. The predicted molar refractivity (Wildman–Crippen MR) is 101 cm³/mol. The summed E-state index contributed by atoms with van der Waals surface area (Å²) in [6.07, 6.45) is 1.98. The molecule has 2 aromatic carbocycles. The Bertz CT molecular complexity index is 767. The molecule has 5 heteroatoms. The number of aromatic nitrogens is 2. The summed E-state index contributed by atoms with van der Waals surface area (Å²) in [6, 6.07) is 14.3. The third-order valence-electron chi connectivity index (χ3n) is 3.84. The number of ether oxygens (including phenoxy) is 1. The van der Waals surface area contributed by atoms with Crippen LogP contribution in [0, 0.1) is 0 Å². The van der Waals surface area contributed by atoms with Gasteiger partial charge in [0.2, 0.25) is 0 Å². The first-order valence-corrected chi connectivity index (χ1v) is 9.11. The lowest BCUT2D eigenvalue weighted by Crippen LogP contribution is -2.16. The van der Waals surface area contributed by atoms with E-state index >= 15 is 0 Å². The van der Waals surface area contributed by atoms with Gasteiger partial charge in [-0.2, -0.15) is 0 Å². The number of aryl methyl sites for hydroxylation is 1. The molecule has 0 unspecified atom stereocenters. The van der Waals surface area contributed by atoms with Crippen LogP contribution in [0.4, 0.5) is 0 Å². The third-order valence-corrected chi connectivity index (χ3v) is 4.34. The second-order valence-corrected chi connectivity index (χ2v) is 6.58. The molecule has 4 nitrogen and oxygen atoms in total. The van der Waals surface area contributed by atoms with Gasteiger partial charge in [-0.25, -0.2) is 4.98 Å². The molecule has 3 aromatic rings. The standard InChI is InChI=1S/C19H22BrN3O/c1-2-24-18-10-9-15(20)12-14(18)13-21-11-5-8-19-22-16-6-3-4-7-17(16)23-19/h3-4,6-7,9-10,12,21H,2,5,8,11,13H2,1H3,(H,22,23). The van der Waals surface area contributed by atoms with Crippen LogP contribution >= 0.6 is 15.9 Å². The van der Waals surface area contributed by atoms with Crippen LogP contribution in [0.1, 0.15) is 24.7 Å². The molecule has 0 fully saturated rings. The van der Waals surface area contributed by atoms with Crippen molar-refractivity contribution in [1.82, 2.24) is 15.3 Å². The van der Waals surface area contributed by atoms with Gasteiger partial charge in [-0.3, -0.25) is 0 Å². The van der Waals surface area contributed by atoms with Gasteiger partial charge in [0.25, 0.3) is 0 Å². The van der Waals surface area contributed by atoms with Gasteiger partial charge in [0.05, 0.1) is 17.6 Å². The van der Waals surface area contributed by atoms with E-state index in [4.69, 9.17) is 4.74 Å². The van der Waals surface area contributed by atoms with E-state index in [1.54, 1.807) is 0 Å². The zero-order valence-corrected chi connectivity index (χ0v) is 15.4. The van der Waals surface area contributed by atoms with Gasteiger partial charge < -0.3 is 15.0 Å². The number of nitrogens with zero attached hydrogens (tertiary/aromatic N) is 1. The van der Waals surface area contributed by atoms with Crippen LogP contribution in [-0.4, -0.2) is 23.1 Å². The number of H-pyrrole nitrogens is 1. The van der Waals surface area contributed by atoms with Gasteiger partial charge >= 0.3 is 0 Å².